The Morgan fingerprint density at radius 2 is 2.28 bits per heavy atom. The summed E-state index contributed by atoms with van der Waals surface area (Å²) in [6.45, 7) is 1.69. The molecule has 100 valence electrons. The van der Waals surface area contributed by atoms with Crippen LogP contribution >= 0.6 is 0 Å². The van der Waals surface area contributed by atoms with Crippen LogP contribution < -0.4 is 4.90 Å². The smallest absolute Gasteiger partial charge is 0.152 e. The Labute approximate surface area is 107 Å². The lowest BCUT2D eigenvalue weighted by atomic mass is 10.1. The fourth-order valence-electron chi connectivity index (χ4n) is 2.15. The van der Waals surface area contributed by atoms with Crippen molar-refractivity contribution in [3.63, 3.8) is 0 Å². The molecule has 0 bridgehead atoms. The van der Waals surface area contributed by atoms with Crippen LogP contribution in [0.15, 0.2) is 18.3 Å². The Kier molecular flexibility index (Phi) is 3.59. The Hall–Kier alpha value is -1.14. The quantitative estimate of drug-likeness (QED) is 0.878. The molecule has 0 aliphatic carbocycles. The molecule has 1 saturated heterocycles. The number of aliphatic hydroxyl groups excluding tert-OH is 1. The van der Waals surface area contributed by atoms with Gasteiger partial charge in [-0.15, -0.1) is 0 Å². The van der Waals surface area contributed by atoms with Crippen LogP contribution in [0.25, 0.3) is 0 Å². The molecule has 5 nitrogen and oxygen atoms in total. The Balaban J connectivity index is 2.19. The van der Waals surface area contributed by atoms with Crippen molar-refractivity contribution in [3.8, 4) is 0 Å². The molecule has 1 aromatic heterocycles. The second-order valence-corrected chi connectivity index (χ2v) is 7.02. The molecule has 0 saturated carbocycles. The number of nitrogens with zero attached hydrogens (tertiary/aromatic N) is 2. The lowest BCUT2D eigenvalue weighted by Crippen LogP contribution is -2.33. The van der Waals surface area contributed by atoms with Gasteiger partial charge in [0.1, 0.15) is 5.82 Å². The first-order chi connectivity index (χ1) is 8.39. The molecule has 1 aromatic rings. The first-order valence-electron chi connectivity index (χ1n) is 5.96. The van der Waals surface area contributed by atoms with Gasteiger partial charge in [0.2, 0.25) is 0 Å². The van der Waals surface area contributed by atoms with Gasteiger partial charge in [-0.1, -0.05) is 0 Å². The van der Waals surface area contributed by atoms with Crippen LogP contribution in [0.2, 0.25) is 0 Å². The van der Waals surface area contributed by atoms with Crippen molar-refractivity contribution in [2.75, 3.05) is 23.5 Å². The number of hydrogen-bond donors (Lipinski definition) is 1. The first-order valence-corrected chi connectivity index (χ1v) is 7.78. The third kappa shape index (κ3) is 2.81. The molecule has 0 radical (unpaired) electrons. The van der Waals surface area contributed by atoms with E-state index in [2.05, 4.69) is 4.98 Å². The highest BCUT2D eigenvalue weighted by molar-refractivity contribution is 7.91. The minimum absolute atomic E-state index is 0.0215. The van der Waals surface area contributed by atoms with E-state index in [1.807, 2.05) is 11.9 Å². The van der Waals surface area contributed by atoms with E-state index >= 15 is 0 Å². The molecule has 1 fully saturated rings. The number of aliphatic hydroxyl groups is 1. The predicted octanol–water partition coefficient (Wildman–Crippen LogP) is 0.758. The van der Waals surface area contributed by atoms with Crippen LogP contribution in [-0.4, -0.2) is 43.1 Å². The number of hydrogen-bond acceptors (Lipinski definition) is 5. The normalized spacial score (nSPS) is 23.8. The van der Waals surface area contributed by atoms with E-state index in [0.717, 1.165) is 5.56 Å². The van der Waals surface area contributed by atoms with Crippen molar-refractivity contribution in [2.45, 2.75) is 25.5 Å². The number of anilines is 1. The Bertz CT molecular complexity index is 528. The third-order valence-corrected chi connectivity index (χ3v) is 5.12. The second-order valence-electron chi connectivity index (χ2n) is 4.79. The van der Waals surface area contributed by atoms with Gasteiger partial charge in [-0.2, -0.15) is 0 Å². The molecule has 2 atom stereocenters. The Morgan fingerprint density at radius 3 is 2.83 bits per heavy atom. The minimum Gasteiger partial charge on any atom is -0.389 e. The van der Waals surface area contributed by atoms with Gasteiger partial charge in [0.15, 0.2) is 9.84 Å². The molecule has 0 aromatic carbocycles. The summed E-state index contributed by atoms with van der Waals surface area (Å²) in [5, 5.41) is 9.54. The molecule has 1 aliphatic heterocycles. The molecule has 2 heterocycles. The van der Waals surface area contributed by atoms with E-state index < -0.39 is 15.9 Å². The molecule has 6 heteroatoms. The molecule has 0 amide bonds. The maximum absolute atomic E-state index is 11.5. The molecular formula is C12H18N2O3S. The Morgan fingerprint density at radius 1 is 1.56 bits per heavy atom. The minimum atomic E-state index is -2.89. The monoisotopic (exact) mass is 270 g/mol. The van der Waals surface area contributed by atoms with Gasteiger partial charge in [-0.05, 0) is 31.0 Å². The van der Waals surface area contributed by atoms with Crippen molar-refractivity contribution in [2.24, 2.45) is 0 Å². The van der Waals surface area contributed by atoms with Crippen molar-refractivity contribution < 1.29 is 13.5 Å². The zero-order valence-electron chi connectivity index (χ0n) is 10.6. The number of pyridine rings is 1. The fourth-order valence-corrected chi connectivity index (χ4v) is 3.93. The van der Waals surface area contributed by atoms with Gasteiger partial charge in [-0.25, -0.2) is 13.4 Å². The van der Waals surface area contributed by atoms with Crippen molar-refractivity contribution in [3.05, 3.63) is 23.9 Å². The topological polar surface area (TPSA) is 70.5 Å². The number of aromatic nitrogens is 1. The zero-order valence-corrected chi connectivity index (χ0v) is 11.4. The third-order valence-electron chi connectivity index (χ3n) is 3.37. The molecular weight excluding hydrogens is 252 g/mol. The highest BCUT2D eigenvalue weighted by atomic mass is 32.2. The van der Waals surface area contributed by atoms with Gasteiger partial charge in [0, 0.05) is 19.3 Å². The molecule has 0 spiro atoms. The summed E-state index contributed by atoms with van der Waals surface area (Å²) in [6, 6.07) is 3.54. The standard InChI is InChI=1S/C12H18N2O3S/c1-9(15)10-3-5-13-12(7-10)14(2)11-4-6-18(16,17)8-11/h3,5,7,9,11,15H,4,6,8H2,1-2H3. The van der Waals surface area contributed by atoms with E-state index in [4.69, 9.17) is 0 Å². The van der Waals surface area contributed by atoms with E-state index in [1.165, 1.54) is 0 Å². The highest BCUT2D eigenvalue weighted by Gasteiger charge is 2.31. The highest BCUT2D eigenvalue weighted by Crippen LogP contribution is 2.23. The predicted molar refractivity (Wildman–Crippen MR) is 70.3 cm³/mol. The lowest BCUT2D eigenvalue weighted by molar-refractivity contribution is 0.199. The van der Waals surface area contributed by atoms with Crippen LogP contribution in [0, 0.1) is 0 Å². The van der Waals surface area contributed by atoms with E-state index in [0.29, 0.717) is 12.2 Å². The van der Waals surface area contributed by atoms with E-state index in [-0.39, 0.29) is 17.5 Å². The average Bonchev–Trinajstić information content (AvgIpc) is 2.69. The van der Waals surface area contributed by atoms with Crippen molar-refractivity contribution in [1.29, 1.82) is 0 Å². The van der Waals surface area contributed by atoms with E-state index in [9.17, 15) is 13.5 Å². The summed E-state index contributed by atoms with van der Waals surface area (Å²) in [6.07, 6.45) is 1.73. The maximum atomic E-state index is 11.5. The summed E-state index contributed by atoms with van der Waals surface area (Å²) in [5.41, 5.74) is 0.785. The van der Waals surface area contributed by atoms with Crippen LogP contribution in [0.4, 0.5) is 5.82 Å². The van der Waals surface area contributed by atoms with Crippen LogP contribution in [-0.2, 0) is 9.84 Å². The number of sulfone groups is 1. The van der Waals surface area contributed by atoms with Gasteiger partial charge in [0.05, 0.1) is 17.6 Å². The number of rotatable bonds is 3. The fraction of sp³-hybridized carbons (Fsp3) is 0.583. The molecule has 18 heavy (non-hydrogen) atoms. The van der Waals surface area contributed by atoms with Crippen LogP contribution in [0.3, 0.4) is 0 Å². The lowest BCUT2D eigenvalue weighted by Gasteiger charge is -2.25. The summed E-state index contributed by atoms with van der Waals surface area (Å²) < 4.78 is 22.9. The molecule has 1 N–H and O–H groups in total. The van der Waals surface area contributed by atoms with Gasteiger partial charge < -0.3 is 10.0 Å². The largest absolute Gasteiger partial charge is 0.389 e. The summed E-state index contributed by atoms with van der Waals surface area (Å²) >= 11 is 0. The SMILES string of the molecule is CC(O)c1ccnc(N(C)C2CCS(=O)(=O)C2)c1. The van der Waals surface area contributed by atoms with Crippen molar-refractivity contribution >= 4 is 15.7 Å². The van der Waals surface area contributed by atoms with Crippen LogP contribution in [0.1, 0.15) is 25.0 Å². The summed E-state index contributed by atoms with van der Waals surface area (Å²) in [5.74, 6) is 1.14. The average molecular weight is 270 g/mol. The zero-order chi connectivity index (χ0) is 13.3. The molecule has 2 unspecified atom stereocenters. The van der Waals surface area contributed by atoms with Gasteiger partial charge in [-0.3, -0.25) is 0 Å². The maximum Gasteiger partial charge on any atom is 0.152 e. The second kappa shape index (κ2) is 4.85. The summed E-state index contributed by atoms with van der Waals surface area (Å²) in [4.78, 5) is 6.12. The molecule has 2 rings (SSSR count). The van der Waals surface area contributed by atoms with E-state index in [1.54, 1.807) is 25.3 Å². The molecule has 1 aliphatic rings. The first kappa shape index (κ1) is 13.3. The van der Waals surface area contributed by atoms with Crippen LogP contribution in [0.5, 0.6) is 0 Å². The van der Waals surface area contributed by atoms with Crippen molar-refractivity contribution in [1.82, 2.24) is 4.98 Å². The summed E-state index contributed by atoms with van der Waals surface area (Å²) in [7, 11) is -1.05. The van der Waals surface area contributed by atoms with Gasteiger partial charge in [0.25, 0.3) is 0 Å². The van der Waals surface area contributed by atoms with Gasteiger partial charge >= 0.3 is 0 Å².